The molecule has 1 spiro atoms. The highest BCUT2D eigenvalue weighted by Crippen LogP contribution is 2.62. The van der Waals surface area contributed by atoms with Crippen molar-refractivity contribution in [3.8, 4) is 22.6 Å². The molecule has 0 bridgehead atoms. The zero-order valence-corrected chi connectivity index (χ0v) is 20.7. The summed E-state index contributed by atoms with van der Waals surface area (Å²) in [7, 11) is 1.58. The van der Waals surface area contributed by atoms with Crippen molar-refractivity contribution >= 4 is 5.97 Å². The number of hydrogen-bond donors (Lipinski definition) is 1. The maximum absolute atomic E-state index is 14.9. The van der Waals surface area contributed by atoms with Gasteiger partial charge in [0.1, 0.15) is 23.9 Å². The average Bonchev–Trinajstić information content (AvgIpc) is 3.46. The molecule has 2 atom stereocenters. The van der Waals surface area contributed by atoms with Crippen molar-refractivity contribution in [3.63, 3.8) is 0 Å². The Hall–Kier alpha value is -3.34. The summed E-state index contributed by atoms with van der Waals surface area (Å²) >= 11 is 0. The van der Waals surface area contributed by atoms with E-state index in [0.29, 0.717) is 24.3 Å². The highest BCUT2D eigenvalue weighted by atomic mass is 19.1. The van der Waals surface area contributed by atoms with Crippen LogP contribution in [0.5, 0.6) is 11.5 Å². The van der Waals surface area contributed by atoms with Gasteiger partial charge in [-0.3, -0.25) is 4.79 Å². The van der Waals surface area contributed by atoms with Gasteiger partial charge in [0.05, 0.1) is 13.0 Å². The largest absolute Gasteiger partial charge is 0.497 e. The molecule has 0 saturated heterocycles. The maximum atomic E-state index is 14.9. The number of benzene rings is 3. The van der Waals surface area contributed by atoms with Crippen molar-refractivity contribution < 1.29 is 23.8 Å². The number of carbonyl (C=O) groups is 1. The number of carboxylic acids is 1. The van der Waals surface area contributed by atoms with Crippen LogP contribution in [-0.2, 0) is 28.7 Å². The van der Waals surface area contributed by atoms with Crippen molar-refractivity contribution in [2.45, 2.75) is 57.5 Å². The van der Waals surface area contributed by atoms with Crippen LogP contribution >= 0.6 is 0 Å². The molecular formula is C30H31FO4. The van der Waals surface area contributed by atoms with E-state index in [0.717, 1.165) is 40.8 Å². The molecule has 1 N–H and O–H groups in total. The first-order valence-electron chi connectivity index (χ1n) is 12.1. The van der Waals surface area contributed by atoms with E-state index in [9.17, 15) is 14.3 Å². The lowest BCUT2D eigenvalue weighted by atomic mass is 9.81. The first-order chi connectivity index (χ1) is 16.6. The normalized spacial score (nSPS) is 20.5. The molecule has 2 aliphatic rings. The third kappa shape index (κ3) is 4.18. The van der Waals surface area contributed by atoms with E-state index in [1.165, 1.54) is 11.6 Å². The van der Waals surface area contributed by atoms with E-state index in [4.69, 9.17) is 9.47 Å². The van der Waals surface area contributed by atoms with Crippen LogP contribution in [0.15, 0.2) is 54.6 Å². The third-order valence-corrected chi connectivity index (χ3v) is 7.59. The zero-order chi connectivity index (χ0) is 25.0. The fourth-order valence-corrected chi connectivity index (χ4v) is 5.58. The van der Waals surface area contributed by atoms with Gasteiger partial charge in [-0.2, -0.15) is 0 Å². The molecule has 0 radical (unpaired) electrons. The number of ether oxygens (including phenoxy) is 2. The molecule has 1 saturated carbocycles. The minimum atomic E-state index is -0.708. The molecule has 0 aliphatic heterocycles. The second-order valence-corrected chi connectivity index (χ2v) is 10.8. The van der Waals surface area contributed by atoms with Gasteiger partial charge in [-0.1, -0.05) is 39.0 Å². The third-order valence-electron chi connectivity index (χ3n) is 7.59. The maximum Gasteiger partial charge on any atom is 0.307 e. The van der Waals surface area contributed by atoms with Crippen LogP contribution in [0.4, 0.5) is 4.39 Å². The molecule has 4 nitrogen and oxygen atoms in total. The highest BCUT2D eigenvalue weighted by Gasteiger charge is 2.61. The number of hydrogen-bond acceptors (Lipinski definition) is 3. The lowest BCUT2D eigenvalue weighted by molar-refractivity contribution is -0.139. The Morgan fingerprint density at radius 2 is 1.83 bits per heavy atom. The van der Waals surface area contributed by atoms with Gasteiger partial charge in [-0.25, -0.2) is 4.39 Å². The van der Waals surface area contributed by atoms with Gasteiger partial charge in [-0.05, 0) is 88.9 Å². The fourth-order valence-electron chi connectivity index (χ4n) is 5.58. The standard InChI is InChI=1S/C30H31FO4/c1-29(2,3)24-9-5-18(13-22(24)23-14-20(34-4)8-10-27(23)31)17-35-21-7-6-19-11-12-30(25(19)15-21)16-26(30)28(32)33/h5-10,13-15,26H,11-12,16-17H2,1-4H3,(H,32,33)/t26-,30+/m1/s1. The molecule has 5 heteroatoms. The predicted octanol–water partition coefficient (Wildman–Crippen LogP) is 6.67. The number of rotatable bonds is 6. The Balaban J connectivity index is 1.43. The summed E-state index contributed by atoms with van der Waals surface area (Å²) in [6.07, 6.45) is 2.53. The second kappa shape index (κ2) is 8.40. The van der Waals surface area contributed by atoms with Crippen molar-refractivity contribution in [2.75, 3.05) is 7.11 Å². The second-order valence-electron chi connectivity index (χ2n) is 10.8. The van der Waals surface area contributed by atoms with Crippen LogP contribution in [0.1, 0.15) is 55.9 Å². The van der Waals surface area contributed by atoms with Crippen molar-refractivity contribution in [2.24, 2.45) is 5.92 Å². The molecule has 0 heterocycles. The summed E-state index contributed by atoms with van der Waals surface area (Å²) in [5, 5.41) is 9.51. The molecule has 0 unspecified atom stereocenters. The number of aryl methyl sites for hydroxylation is 1. The van der Waals surface area contributed by atoms with E-state index >= 15 is 0 Å². The smallest absolute Gasteiger partial charge is 0.307 e. The topological polar surface area (TPSA) is 55.8 Å². The van der Waals surface area contributed by atoms with Crippen LogP contribution < -0.4 is 9.47 Å². The molecule has 5 rings (SSSR count). The van der Waals surface area contributed by atoms with Crippen molar-refractivity contribution in [1.29, 1.82) is 0 Å². The summed E-state index contributed by atoms with van der Waals surface area (Å²) in [5.74, 6) is 0.0465. The average molecular weight is 475 g/mol. The van der Waals surface area contributed by atoms with Gasteiger partial charge in [-0.15, -0.1) is 0 Å². The monoisotopic (exact) mass is 474 g/mol. The number of aliphatic carboxylic acids is 1. The minimum Gasteiger partial charge on any atom is -0.497 e. The Labute approximate surface area is 205 Å². The number of carboxylic acid groups (broad SMARTS) is 1. The SMILES string of the molecule is COc1ccc(F)c(-c2cc(COc3ccc4c(c3)[C@]3(CC4)C[C@@H]3C(=O)O)ccc2C(C)(C)C)c1. The molecule has 0 amide bonds. The first-order valence-corrected chi connectivity index (χ1v) is 12.1. The van der Waals surface area contributed by atoms with E-state index in [-0.39, 0.29) is 22.6 Å². The molecule has 3 aromatic rings. The summed E-state index contributed by atoms with van der Waals surface area (Å²) in [5.41, 5.74) is 5.27. The van der Waals surface area contributed by atoms with E-state index in [2.05, 4.69) is 26.8 Å². The quantitative estimate of drug-likeness (QED) is 0.434. The number of halogens is 1. The number of methoxy groups -OCH3 is 1. The molecule has 3 aromatic carbocycles. The number of fused-ring (bicyclic) bond motifs is 2. The minimum absolute atomic E-state index is 0.177. The van der Waals surface area contributed by atoms with Crippen LogP contribution in [0.25, 0.3) is 11.1 Å². The van der Waals surface area contributed by atoms with Gasteiger partial charge in [0.25, 0.3) is 0 Å². The molecule has 35 heavy (non-hydrogen) atoms. The van der Waals surface area contributed by atoms with Crippen molar-refractivity contribution in [1.82, 2.24) is 0 Å². The fraction of sp³-hybridized carbons (Fsp3) is 0.367. The molecule has 0 aromatic heterocycles. The summed E-state index contributed by atoms with van der Waals surface area (Å²) in [6.45, 7) is 6.67. The van der Waals surface area contributed by atoms with Gasteiger partial charge >= 0.3 is 5.97 Å². The van der Waals surface area contributed by atoms with Gasteiger partial charge in [0.2, 0.25) is 0 Å². The predicted molar refractivity (Wildman–Crippen MR) is 134 cm³/mol. The van der Waals surface area contributed by atoms with Crippen LogP contribution in [0.2, 0.25) is 0 Å². The van der Waals surface area contributed by atoms with Gasteiger partial charge in [0.15, 0.2) is 0 Å². The van der Waals surface area contributed by atoms with E-state index < -0.39 is 5.97 Å². The van der Waals surface area contributed by atoms with Crippen LogP contribution in [0, 0.1) is 11.7 Å². The highest BCUT2D eigenvalue weighted by molar-refractivity contribution is 5.78. The molecule has 2 aliphatic carbocycles. The molecular weight excluding hydrogens is 443 g/mol. The Kier molecular flexibility index (Phi) is 5.62. The lowest BCUT2D eigenvalue weighted by Gasteiger charge is -2.24. The van der Waals surface area contributed by atoms with E-state index in [1.54, 1.807) is 19.2 Å². The Morgan fingerprint density at radius 1 is 1.06 bits per heavy atom. The Morgan fingerprint density at radius 3 is 2.51 bits per heavy atom. The van der Waals surface area contributed by atoms with Gasteiger partial charge in [0, 0.05) is 11.0 Å². The zero-order valence-electron chi connectivity index (χ0n) is 20.7. The first kappa shape index (κ1) is 23.4. The summed E-state index contributed by atoms with van der Waals surface area (Å²) in [4.78, 5) is 11.6. The van der Waals surface area contributed by atoms with Gasteiger partial charge < -0.3 is 14.6 Å². The van der Waals surface area contributed by atoms with Crippen LogP contribution in [0.3, 0.4) is 0 Å². The molecule has 1 fully saturated rings. The Bertz CT molecular complexity index is 1310. The van der Waals surface area contributed by atoms with Crippen molar-refractivity contribution in [3.05, 3.63) is 82.7 Å². The summed E-state index contributed by atoms with van der Waals surface area (Å²) in [6, 6.07) is 16.9. The van der Waals surface area contributed by atoms with Crippen LogP contribution in [-0.4, -0.2) is 18.2 Å². The summed E-state index contributed by atoms with van der Waals surface area (Å²) < 4.78 is 26.4. The van der Waals surface area contributed by atoms with E-state index in [1.807, 2.05) is 30.3 Å². The molecule has 182 valence electrons. The lowest BCUT2D eigenvalue weighted by Crippen LogP contribution is -2.14.